The van der Waals surface area contributed by atoms with Gasteiger partial charge in [0.1, 0.15) is 28.7 Å². The van der Waals surface area contributed by atoms with Gasteiger partial charge in [0.2, 0.25) is 16.0 Å². The third-order valence-corrected chi connectivity index (χ3v) is 6.82. The highest BCUT2D eigenvalue weighted by atomic mass is 32.2. The predicted molar refractivity (Wildman–Crippen MR) is 129 cm³/mol. The van der Waals surface area contributed by atoms with Crippen LogP contribution in [0.1, 0.15) is 21.3 Å². The SMILES string of the molecule is COc1cccc(OC)c1-n1c(NS(=O)(=O)[C@@H](C)Cc2ncc(F)cn2)nnc1-c1cc(C)[nH]n1.[HH].[HH]. The van der Waals surface area contributed by atoms with Gasteiger partial charge in [0.15, 0.2) is 11.6 Å². The molecule has 12 nitrogen and oxygen atoms in total. The Kier molecular flexibility index (Phi) is 6.64. The van der Waals surface area contributed by atoms with Crippen molar-refractivity contribution in [3.8, 4) is 28.7 Å². The van der Waals surface area contributed by atoms with E-state index in [1.54, 1.807) is 24.3 Å². The van der Waals surface area contributed by atoms with Crippen LogP contribution in [0.15, 0.2) is 36.7 Å². The number of rotatable bonds is 9. The summed E-state index contributed by atoms with van der Waals surface area (Å²) in [6.45, 7) is 3.31. The van der Waals surface area contributed by atoms with Gasteiger partial charge in [-0.1, -0.05) is 6.07 Å². The summed E-state index contributed by atoms with van der Waals surface area (Å²) in [5.74, 6) is 0.517. The molecule has 0 saturated carbocycles. The van der Waals surface area contributed by atoms with Crippen LogP contribution in [-0.4, -0.2) is 62.8 Å². The second-order valence-electron chi connectivity index (χ2n) is 7.61. The van der Waals surface area contributed by atoms with Gasteiger partial charge in [-0.25, -0.2) is 22.8 Å². The first-order valence-electron chi connectivity index (χ1n) is 10.4. The van der Waals surface area contributed by atoms with Crippen molar-refractivity contribution < 1.29 is 25.1 Å². The number of para-hydroxylation sites is 1. The number of hydrogen-bond donors (Lipinski definition) is 2. The maximum absolute atomic E-state index is 13.2. The quantitative estimate of drug-likeness (QED) is 0.349. The van der Waals surface area contributed by atoms with Crippen LogP contribution in [0.2, 0.25) is 0 Å². The Morgan fingerprint density at radius 1 is 1.17 bits per heavy atom. The summed E-state index contributed by atoms with van der Waals surface area (Å²) in [4.78, 5) is 7.68. The van der Waals surface area contributed by atoms with Gasteiger partial charge in [-0.2, -0.15) is 5.10 Å². The standard InChI is InChI=1S/C21H23FN8O4S.2H2/c1-12-8-15(26-25-12)20-27-28-21(30(20)19-16(33-3)6-5-7-17(19)34-4)29-35(31,32)13(2)9-18-23-10-14(22)11-24-18;;/h5-8,10-11,13H,9H2,1-4H3,(H,25,26)(H,28,29);2*1H/t13-;;/m0../s1. The topological polar surface area (TPSA) is 150 Å². The second kappa shape index (κ2) is 9.66. The van der Waals surface area contributed by atoms with E-state index < -0.39 is 21.1 Å². The monoisotopic (exact) mass is 506 g/mol. The molecule has 0 aliphatic heterocycles. The molecule has 4 aromatic rings. The summed E-state index contributed by atoms with van der Waals surface area (Å²) in [5.41, 5.74) is 1.59. The lowest BCUT2D eigenvalue weighted by Crippen LogP contribution is -2.29. The minimum absolute atomic E-state index is 0. The highest BCUT2D eigenvalue weighted by molar-refractivity contribution is 7.93. The highest BCUT2D eigenvalue weighted by Crippen LogP contribution is 2.37. The number of aromatic nitrogens is 7. The van der Waals surface area contributed by atoms with Gasteiger partial charge in [-0.3, -0.25) is 14.4 Å². The van der Waals surface area contributed by atoms with E-state index in [4.69, 9.17) is 9.47 Å². The predicted octanol–water partition coefficient (Wildman–Crippen LogP) is 2.78. The van der Waals surface area contributed by atoms with Crippen LogP contribution in [0.3, 0.4) is 0 Å². The number of benzene rings is 1. The van der Waals surface area contributed by atoms with Crippen molar-refractivity contribution in [3.05, 3.63) is 54.0 Å². The number of anilines is 1. The van der Waals surface area contributed by atoms with Gasteiger partial charge in [0, 0.05) is 15.0 Å². The number of hydrogen-bond acceptors (Lipinski definition) is 9. The number of aromatic amines is 1. The summed E-state index contributed by atoms with van der Waals surface area (Å²) in [5, 5.41) is 14.4. The molecule has 3 aromatic heterocycles. The Morgan fingerprint density at radius 2 is 1.83 bits per heavy atom. The number of H-pyrrole nitrogens is 1. The van der Waals surface area contributed by atoms with E-state index >= 15 is 0 Å². The van der Waals surface area contributed by atoms with Gasteiger partial charge < -0.3 is 9.47 Å². The van der Waals surface area contributed by atoms with Crippen molar-refractivity contribution in [1.82, 2.24) is 34.9 Å². The highest BCUT2D eigenvalue weighted by Gasteiger charge is 2.29. The molecule has 35 heavy (non-hydrogen) atoms. The smallest absolute Gasteiger partial charge is 0.243 e. The lowest BCUT2D eigenvalue weighted by molar-refractivity contribution is 0.391. The first-order valence-corrected chi connectivity index (χ1v) is 11.9. The molecule has 0 fully saturated rings. The molecule has 4 rings (SSSR count). The summed E-state index contributed by atoms with van der Waals surface area (Å²) in [6, 6.07) is 6.88. The summed E-state index contributed by atoms with van der Waals surface area (Å²) in [6.07, 6.45) is 1.92. The first-order chi connectivity index (χ1) is 16.7. The molecular formula is C21H27FN8O4S. The van der Waals surface area contributed by atoms with Crippen LogP contribution < -0.4 is 14.2 Å². The molecule has 0 aliphatic rings. The van der Waals surface area contributed by atoms with E-state index in [0.29, 0.717) is 22.9 Å². The molecule has 0 spiro atoms. The molecule has 1 aromatic carbocycles. The third-order valence-electron chi connectivity index (χ3n) is 5.13. The summed E-state index contributed by atoms with van der Waals surface area (Å²) >= 11 is 0. The molecule has 0 saturated heterocycles. The number of nitrogens with zero attached hydrogens (tertiary/aromatic N) is 6. The lowest BCUT2D eigenvalue weighted by atomic mass is 10.2. The number of nitrogens with one attached hydrogen (secondary N) is 2. The average molecular weight is 507 g/mol. The zero-order valence-electron chi connectivity index (χ0n) is 19.4. The molecule has 0 amide bonds. The zero-order chi connectivity index (χ0) is 25.2. The molecule has 0 radical (unpaired) electrons. The largest absolute Gasteiger partial charge is 0.494 e. The van der Waals surface area contributed by atoms with Crippen molar-refractivity contribution in [2.75, 3.05) is 18.9 Å². The normalized spacial score (nSPS) is 12.4. The number of aryl methyl sites for hydroxylation is 1. The molecule has 0 unspecified atom stereocenters. The Balaban J connectivity index is 0.00000241. The number of methoxy groups -OCH3 is 2. The zero-order valence-corrected chi connectivity index (χ0v) is 20.2. The fourth-order valence-electron chi connectivity index (χ4n) is 3.35. The lowest BCUT2D eigenvalue weighted by Gasteiger charge is -2.18. The average Bonchev–Trinajstić information content (AvgIpc) is 3.45. The van der Waals surface area contributed by atoms with Gasteiger partial charge >= 0.3 is 0 Å². The fraction of sp³-hybridized carbons (Fsp3) is 0.286. The maximum atomic E-state index is 13.2. The Bertz CT molecular complexity index is 1430. The molecule has 0 bridgehead atoms. The van der Waals surface area contributed by atoms with E-state index in [9.17, 15) is 12.8 Å². The molecule has 1 atom stereocenters. The molecule has 3 heterocycles. The summed E-state index contributed by atoms with van der Waals surface area (Å²) in [7, 11) is -1.05. The van der Waals surface area contributed by atoms with Gasteiger partial charge in [0.05, 0.1) is 31.9 Å². The van der Waals surface area contributed by atoms with Crippen molar-refractivity contribution in [3.63, 3.8) is 0 Å². The molecule has 14 heteroatoms. The minimum Gasteiger partial charge on any atom is -0.494 e. The van der Waals surface area contributed by atoms with Crippen molar-refractivity contribution >= 4 is 16.0 Å². The molecule has 0 aliphatic carbocycles. The van der Waals surface area contributed by atoms with Crippen molar-refractivity contribution in [2.24, 2.45) is 0 Å². The van der Waals surface area contributed by atoms with E-state index in [-0.39, 0.29) is 26.9 Å². The fourth-order valence-corrected chi connectivity index (χ4v) is 4.31. The first kappa shape index (κ1) is 24.1. The number of halogens is 1. The minimum atomic E-state index is -4.01. The van der Waals surface area contributed by atoms with Crippen LogP contribution in [0.5, 0.6) is 11.5 Å². The van der Waals surface area contributed by atoms with E-state index in [1.807, 2.05) is 6.92 Å². The molecule has 188 valence electrons. The summed E-state index contributed by atoms with van der Waals surface area (Å²) < 4.78 is 54.5. The number of sulfonamides is 1. The Labute approximate surface area is 203 Å². The Hall–Kier alpha value is -4.07. The molecule has 2 N–H and O–H groups in total. The van der Waals surface area contributed by atoms with Crippen LogP contribution >= 0.6 is 0 Å². The van der Waals surface area contributed by atoms with E-state index in [2.05, 4.69) is 35.1 Å². The van der Waals surface area contributed by atoms with Crippen LogP contribution in [0.4, 0.5) is 10.3 Å². The maximum Gasteiger partial charge on any atom is 0.243 e. The van der Waals surface area contributed by atoms with Gasteiger partial charge in [-0.15, -0.1) is 10.2 Å². The second-order valence-corrected chi connectivity index (χ2v) is 9.71. The van der Waals surface area contributed by atoms with Gasteiger partial charge in [-0.05, 0) is 32.0 Å². The Morgan fingerprint density at radius 3 is 2.40 bits per heavy atom. The van der Waals surface area contributed by atoms with Crippen LogP contribution in [-0.2, 0) is 16.4 Å². The number of ether oxygens (including phenoxy) is 2. The van der Waals surface area contributed by atoms with Crippen LogP contribution in [0, 0.1) is 12.7 Å². The third kappa shape index (κ3) is 4.91. The van der Waals surface area contributed by atoms with E-state index in [0.717, 1.165) is 18.1 Å². The van der Waals surface area contributed by atoms with Gasteiger partial charge in [0.25, 0.3) is 0 Å². The van der Waals surface area contributed by atoms with Crippen LogP contribution in [0.25, 0.3) is 17.2 Å². The van der Waals surface area contributed by atoms with E-state index in [1.165, 1.54) is 25.7 Å². The van der Waals surface area contributed by atoms with Crippen molar-refractivity contribution in [1.29, 1.82) is 0 Å². The molecular weight excluding hydrogens is 479 g/mol. The van der Waals surface area contributed by atoms with Crippen molar-refractivity contribution in [2.45, 2.75) is 25.5 Å².